The van der Waals surface area contributed by atoms with Gasteiger partial charge in [0.15, 0.2) is 0 Å². The van der Waals surface area contributed by atoms with Crippen molar-refractivity contribution in [2.75, 3.05) is 13.2 Å². The Morgan fingerprint density at radius 1 is 1.33 bits per heavy atom. The van der Waals surface area contributed by atoms with Crippen LogP contribution in [0.25, 0.3) is 5.69 Å². The number of hydrogen-bond acceptors (Lipinski definition) is 3. The molecule has 5 nitrogen and oxygen atoms in total. The predicted octanol–water partition coefficient (Wildman–Crippen LogP) is 2.72. The maximum atomic E-state index is 12.0. The fourth-order valence-corrected chi connectivity index (χ4v) is 3.14. The van der Waals surface area contributed by atoms with Crippen molar-refractivity contribution in [2.24, 2.45) is 0 Å². The van der Waals surface area contributed by atoms with Crippen LogP contribution in [0.15, 0.2) is 30.3 Å². The van der Waals surface area contributed by atoms with E-state index in [1.807, 2.05) is 42.8 Å². The van der Waals surface area contributed by atoms with Gasteiger partial charge in [-0.15, -0.1) is 0 Å². The summed E-state index contributed by atoms with van der Waals surface area (Å²) < 4.78 is 7.48. The van der Waals surface area contributed by atoms with E-state index in [4.69, 9.17) is 4.74 Å². The van der Waals surface area contributed by atoms with Gasteiger partial charge in [0.05, 0.1) is 23.9 Å². The zero-order valence-corrected chi connectivity index (χ0v) is 14.4. The summed E-state index contributed by atoms with van der Waals surface area (Å²) in [5.74, 6) is 0.0619. The predicted molar refractivity (Wildman–Crippen MR) is 93.3 cm³/mol. The summed E-state index contributed by atoms with van der Waals surface area (Å²) in [5, 5.41) is 7.46. The van der Waals surface area contributed by atoms with Gasteiger partial charge in [-0.1, -0.05) is 12.1 Å². The molecule has 1 amide bonds. The number of nitrogens with zero attached hydrogens (tertiary/aromatic N) is 2. The molecule has 1 N–H and O–H groups in total. The van der Waals surface area contributed by atoms with E-state index in [9.17, 15) is 4.79 Å². The minimum Gasteiger partial charge on any atom is -0.378 e. The molecule has 1 aromatic carbocycles. The molecule has 0 spiro atoms. The quantitative estimate of drug-likeness (QED) is 0.887. The van der Waals surface area contributed by atoms with E-state index in [-0.39, 0.29) is 5.91 Å². The van der Waals surface area contributed by atoms with E-state index in [0.717, 1.165) is 48.5 Å². The third kappa shape index (κ3) is 4.23. The summed E-state index contributed by atoms with van der Waals surface area (Å²) in [6.45, 7) is 5.57. The van der Waals surface area contributed by atoms with Crippen LogP contribution in [0.1, 0.15) is 36.2 Å². The first-order valence-electron chi connectivity index (χ1n) is 8.63. The number of amides is 1. The minimum absolute atomic E-state index is 0.0619. The molecule has 1 atom stereocenters. The standard InChI is InChI=1S/C19H25N3O2/c1-14-12-15(2)22(21-14)17-7-5-16(6-8-17)13-19(23)20-10-9-18-4-3-11-24-18/h5-8,12,18H,3-4,9-11,13H2,1-2H3,(H,20,23). The van der Waals surface area contributed by atoms with Crippen LogP contribution in [-0.4, -0.2) is 34.9 Å². The summed E-state index contributed by atoms with van der Waals surface area (Å²) >= 11 is 0. The monoisotopic (exact) mass is 327 g/mol. The Morgan fingerprint density at radius 3 is 2.75 bits per heavy atom. The lowest BCUT2D eigenvalue weighted by Crippen LogP contribution is -2.28. The Labute approximate surface area is 143 Å². The second-order valence-electron chi connectivity index (χ2n) is 6.46. The fraction of sp³-hybridized carbons (Fsp3) is 0.474. The van der Waals surface area contributed by atoms with Crippen LogP contribution < -0.4 is 5.32 Å². The largest absolute Gasteiger partial charge is 0.378 e. The highest BCUT2D eigenvalue weighted by atomic mass is 16.5. The Hall–Kier alpha value is -2.14. The Bertz CT molecular complexity index is 685. The summed E-state index contributed by atoms with van der Waals surface area (Å²) in [6.07, 6.45) is 3.89. The van der Waals surface area contributed by atoms with Gasteiger partial charge in [-0.25, -0.2) is 4.68 Å². The maximum Gasteiger partial charge on any atom is 0.224 e. The van der Waals surface area contributed by atoms with Crippen LogP contribution in [-0.2, 0) is 16.0 Å². The zero-order valence-electron chi connectivity index (χ0n) is 14.4. The highest BCUT2D eigenvalue weighted by Gasteiger charge is 2.15. The van der Waals surface area contributed by atoms with Gasteiger partial charge in [0, 0.05) is 18.8 Å². The van der Waals surface area contributed by atoms with Gasteiger partial charge in [0.1, 0.15) is 0 Å². The smallest absolute Gasteiger partial charge is 0.224 e. The van der Waals surface area contributed by atoms with E-state index in [0.29, 0.717) is 19.1 Å². The zero-order chi connectivity index (χ0) is 16.9. The molecule has 1 aliphatic heterocycles. The van der Waals surface area contributed by atoms with E-state index in [1.54, 1.807) is 0 Å². The van der Waals surface area contributed by atoms with Gasteiger partial charge >= 0.3 is 0 Å². The van der Waals surface area contributed by atoms with E-state index in [2.05, 4.69) is 16.5 Å². The summed E-state index contributed by atoms with van der Waals surface area (Å²) in [7, 11) is 0. The topological polar surface area (TPSA) is 56.2 Å². The first-order chi connectivity index (χ1) is 11.6. The lowest BCUT2D eigenvalue weighted by atomic mass is 10.1. The molecule has 3 rings (SSSR count). The molecular formula is C19H25N3O2. The Morgan fingerprint density at radius 2 is 2.12 bits per heavy atom. The van der Waals surface area contributed by atoms with Crippen molar-refractivity contribution in [3.05, 3.63) is 47.3 Å². The van der Waals surface area contributed by atoms with Crippen LogP contribution in [0.5, 0.6) is 0 Å². The van der Waals surface area contributed by atoms with Crippen molar-refractivity contribution >= 4 is 5.91 Å². The third-order valence-electron chi connectivity index (χ3n) is 4.37. The number of hydrogen-bond donors (Lipinski definition) is 1. The van der Waals surface area contributed by atoms with Crippen LogP contribution in [0.3, 0.4) is 0 Å². The van der Waals surface area contributed by atoms with Gasteiger partial charge in [-0.2, -0.15) is 5.10 Å². The van der Waals surface area contributed by atoms with Crippen LogP contribution in [0.2, 0.25) is 0 Å². The number of carbonyl (C=O) groups excluding carboxylic acids is 1. The number of ether oxygens (including phenoxy) is 1. The first-order valence-corrected chi connectivity index (χ1v) is 8.63. The molecule has 5 heteroatoms. The van der Waals surface area contributed by atoms with Crippen molar-refractivity contribution in [2.45, 2.75) is 45.6 Å². The molecule has 0 radical (unpaired) electrons. The second-order valence-corrected chi connectivity index (χ2v) is 6.46. The molecule has 0 bridgehead atoms. The van der Waals surface area contributed by atoms with Crippen molar-refractivity contribution < 1.29 is 9.53 Å². The minimum atomic E-state index is 0.0619. The van der Waals surface area contributed by atoms with Crippen molar-refractivity contribution in [1.82, 2.24) is 15.1 Å². The van der Waals surface area contributed by atoms with E-state index in [1.165, 1.54) is 0 Å². The molecule has 24 heavy (non-hydrogen) atoms. The average Bonchev–Trinajstić information content (AvgIpc) is 3.18. The number of nitrogens with one attached hydrogen (secondary N) is 1. The highest BCUT2D eigenvalue weighted by Crippen LogP contribution is 2.15. The van der Waals surface area contributed by atoms with Gasteiger partial charge in [0.25, 0.3) is 0 Å². The number of rotatable bonds is 6. The van der Waals surface area contributed by atoms with Crippen LogP contribution >= 0.6 is 0 Å². The molecule has 128 valence electrons. The maximum absolute atomic E-state index is 12.0. The Balaban J connectivity index is 1.50. The average molecular weight is 327 g/mol. The first kappa shape index (κ1) is 16.7. The van der Waals surface area contributed by atoms with Gasteiger partial charge in [-0.3, -0.25) is 4.79 Å². The molecular weight excluding hydrogens is 302 g/mol. The van der Waals surface area contributed by atoms with Crippen molar-refractivity contribution in [1.29, 1.82) is 0 Å². The molecule has 1 aliphatic rings. The number of benzene rings is 1. The van der Waals surface area contributed by atoms with Crippen molar-refractivity contribution in [3.8, 4) is 5.69 Å². The molecule has 0 aliphatic carbocycles. The van der Waals surface area contributed by atoms with Crippen LogP contribution in [0, 0.1) is 13.8 Å². The molecule has 1 fully saturated rings. The number of aryl methyl sites for hydroxylation is 2. The SMILES string of the molecule is Cc1cc(C)n(-c2ccc(CC(=O)NCCC3CCCO3)cc2)n1. The lowest BCUT2D eigenvalue weighted by Gasteiger charge is -2.10. The Kier molecular flexibility index (Phi) is 5.30. The highest BCUT2D eigenvalue weighted by molar-refractivity contribution is 5.78. The molecule has 2 heterocycles. The van der Waals surface area contributed by atoms with E-state index >= 15 is 0 Å². The normalized spacial score (nSPS) is 17.2. The van der Waals surface area contributed by atoms with E-state index < -0.39 is 0 Å². The van der Waals surface area contributed by atoms with Gasteiger partial charge in [-0.05, 0) is 56.9 Å². The molecule has 1 unspecified atom stereocenters. The fourth-order valence-electron chi connectivity index (χ4n) is 3.14. The molecule has 1 aromatic heterocycles. The summed E-state index contributed by atoms with van der Waals surface area (Å²) in [6, 6.07) is 10.1. The molecule has 0 saturated carbocycles. The molecule has 2 aromatic rings. The number of aromatic nitrogens is 2. The van der Waals surface area contributed by atoms with Gasteiger partial charge < -0.3 is 10.1 Å². The second kappa shape index (κ2) is 7.62. The number of carbonyl (C=O) groups is 1. The van der Waals surface area contributed by atoms with Gasteiger partial charge in [0.2, 0.25) is 5.91 Å². The summed E-state index contributed by atoms with van der Waals surface area (Å²) in [5.41, 5.74) is 4.13. The van der Waals surface area contributed by atoms with Crippen LogP contribution in [0.4, 0.5) is 0 Å². The lowest BCUT2D eigenvalue weighted by molar-refractivity contribution is -0.120. The third-order valence-corrected chi connectivity index (χ3v) is 4.37. The summed E-state index contributed by atoms with van der Waals surface area (Å²) in [4.78, 5) is 12.0. The van der Waals surface area contributed by atoms with Crippen molar-refractivity contribution in [3.63, 3.8) is 0 Å². The molecule has 1 saturated heterocycles.